The number of nitrogens with one attached hydrogen (secondary N) is 1. The number of carboxylic acids is 2. The van der Waals surface area contributed by atoms with Crippen molar-refractivity contribution in [3.63, 3.8) is 0 Å². The minimum absolute atomic E-state index is 0.000532. The van der Waals surface area contributed by atoms with Gasteiger partial charge in [0, 0.05) is 31.3 Å². The van der Waals surface area contributed by atoms with Gasteiger partial charge in [-0.1, -0.05) is 0 Å². The lowest BCUT2D eigenvalue weighted by atomic mass is 10.1. The first-order valence-electron chi connectivity index (χ1n) is 15.2. The molecule has 0 heterocycles. The van der Waals surface area contributed by atoms with Crippen molar-refractivity contribution in [3.05, 3.63) is 112 Å². The molecule has 0 aromatic heterocycles. The fourth-order valence-corrected chi connectivity index (χ4v) is 7.67. The number of alkyl halides is 6. The normalized spacial score (nSPS) is 11.4. The monoisotopic (exact) mass is 1000 g/mol. The minimum Gasteiger partial charge on any atom is -0.487 e. The molecule has 0 aliphatic rings. The molecule has 8 nitrogen and oxygen atoms in total. The lowest BCUT2D eigenvalue weighted by molar-refractivity contribution is -0.138. The largest absolute Gasteiger partial charge is 0.487 e. The smallest absolute Gasteiger partial charge is 0.416 e. The quantitative estimate of drug-likeness (QED) is 0.0769. The number of halogens is 10. The van der Waals surface area contributed by atoms with Crippen LogP contribution in [0.2, 0.25) is 0 Å². The van der Waals surface area contributed by atoms with Crippen molar-refractivity contribution in [3.8, 4) is 11.5 Å². The van der Waals surface area contributed by atoms with Gasteiger partial charge in [-0.25, -0.2) is 0 Å². The third kappa shape index (κ3) is 14.0. The highest BCUT2D eigenvalue weighted by atomic mass is 79.9. The second kappa shape index (κ2) is 19.2. The van der Waals surface area contributed by atoms with Crippen molar-refractivity contribution in [1.82, 2.24) is 0 Å². The van der Waals surface area contributed by atoms with Gasteiger partial charge in [0.25, 0.3) is 0 Å². The molecule has 0 spiro atoms. The van der Waals surface area contributed by atoms with E-state index in [4.69, 9.17) is 25.4 Å². The van der Waals surface area contributed by atoms with E-state index in [1.807, 2.05) is 0 Å². The number of aryl methyl sites for hydroxylation is 2. The predicted molar refractivity (Wildman–Crippen MR) is 201 cm³/mol. The summed E-state index contributed by atoms with van der Waals surface area (Å²) < 4.78 is 91.3. The first-order valence-corrected chi connectivity index (χ1v) is 18.3. The second-order valence-corrected chi connectivity index (χ2v) is 14.7. The summed E-state index contributed by atoms with van der Waals surface area (Å²) in [5, 5.41) is 20.2. The average Bonchev–Trinajstić information content (AvgIpc) is 3.04. The summed E-state index contributed by atoms with van der Waals surface area (Å²) in [6.45, 7) is -0.177. The molecule has 0 saturated carbocycles. The Kier molecular flexibility index (Phi) is 15.9. The van der Waals surface area contributed by atoms with Gasteiger partial charge < -0.3 is 30.7 Å². The van der Waals surface area contributed by atoms with E-state index >= 15 is 0 Å². The number of carbonyl (C=O) groups is 2. The van der Waals surface area contributed by atoms with E-state index < -0.39 is 35.4 Å². The van der Waals surface area contributed by atoms with Crippen molar-refractivity contribution in [2.75, 3.05) is 18.1 Å². The zero-order valence-corrected chi connectivity index (χ0v) is 33.7. The van der Waals surface area contributed by atoms with Crippen LogP contribution < -0.4 is 20.5 Å². The Bertz CT molecular complexity index is 1900. The third-order valence-electron chi connectivity index (χ3n) is 7.09. The van der Waals surface area contributed by atoms with Crippen molar-refractivity contribution in [1.29, 1.82) is 0 Å². The summed E-state index contributed by atoms with van der Waals surface area (Å²) in [6.07, 6.45) is -8.26. The number of anilines is 2. The lowest BCUT2D eigenvalue weighted by Gasteiger charge is -2.15. The maximum Gasteiger partial charge on any atom is 0.416 e. The Labute approximate surface area is 333 Å². The number of hydrogen-bond acceptors (Lipinski definition) is 6. The van der Waals surface area contributed by atoms with Crippen molar-refractivity contribution in [2.24, 2.45) is 0 Å². The highest BCUT2D eigenvalue weighted by molar-refractivity contribution is 9.11. The fraction of sp³-hybridized carbons (Fsp3) is 0.257. The van der Waals surface area contributed by atoms with E-state index in [9.17, 15) is 35.9 Å². The van der Waals surface area contributed by atoms with Crippen LogP contribution in [0.25, 0.3) is 0 Å². The van der Waals surface area contributed by atoms with Crippen molar-refractivity contribution >= 4 is 87.0 Å². The molecular formula is C35H30Br4F6N2O6. The van der Waals surface area contributed by atoms with Crippen LogP contribution in [0.15, 0.2) is 78.6 Å². The Morgan fingerprint density at radius 1 is 0.623 bits per heavy atom. The SMILES string of the molecule is CNc1cc(COc2c(Br)cc(CCC(=O)O)cc2Br)cc(C(F)(F)F)c1.Nc1cc(COc2c(Br)cc(CCC(=O)O)cc2Br)cc(C(F)(F)F)c1. The Morgan fingerprint density at radius 2 is 1.00 bits per heavy atom. The van der Waals surface area contributed by atoms with Crippen LogP contribution in [0.5, 0.6) is 11.5 Å². The van der Waals surface area contributed by atoms with Crippen LogP contribution in [-0.2, 0) is 48.0 Å². The Morgan fingerprint density at radius 3 is 1.36 bits per heavy atom. The molecule has 0 aliphatic heterocycles. The summed E-state index contributed by atoms with van der Waals surface area (Å²) in [5.74, 6) is -0.968. The summed E-state index contributed by atoms with van der Waals surface area (Å²) in [7, 11) is 1.54. The highest BCUT2D eigenvalue weighted by Crippen LogP contribution is 2.38. The van der Waals surface area contributed by atoms with Gasteiger partial charge in [0.2, 0.25) is 0 Å². The zero-order chi connectivity index (χ0) is 39.7. The molecule has 4 rings (SSSR count). The number of nitrogen functional groups attached to an aromatic ring is 1. The molecule has 0 saturated heterocycles. The van der Waals surface area contributed by atoms with E-state index in [2.05, 4.69) is 69.0 Å². The van der Waals surface area contributed by atoms with Gasteiger partial charge in [0.1, 0.15) is 24.7 Å². The van der Waals surface area contributed by atoms with Crippen LogP contribution in [0.4, 0.5) is 37.7 Å². The van der Waals surface area contributed by atoms with Crippen molar-refractivity contribution in [2.45, 2.75) is 51.2 Å². The number of benzene rings is 4. The van der Waals surface area contributed by atoms with Gasteiger partial charge in [-0.15, -0.1) is 0 Å². The number of carboxylic acid groups (broad SMARTS) is 2. The van der Waals surface area contributed by atoms with Gasteiger partial charge >= 0.3 is 24.3 Å². The summed E-state index contributed by atoms with van der Waals surface area (Å²) >= 11 is 13.4. The van der Waals surface area contributed by atoms with E-state index in [0.29, 0.717) is 53.5 Å². The first kappa shape index (κ1) is 43.9. The summed E-state index contributed by atoms with van der Waals surface area (Å²) in [6, 6.07) is 13.8. The second-order valence-electron chi connectivity index (χ2n) is 11.3. The molecule has 53 heavy (non-hydrogen) atoms. The Balaban J connectivity index is 0.000000286. The highest BCUT2D eigenvalue weighted by Gasteiger charge is 2.32. The van der Waals surface area contributed by atoms with E-state index in [1.54, 1.807) is 37.4 Å². The molecule has 0 aliphatic carbocycles. The first-order chi connectivity index (χ1) is 24.7. The number of rotatable bonds is 13. The standard InChI is InChI=1S/C18H16Br2F3NO3.C17H14Br2F3NO3/c1-24-13-5-11(4-12(8-13)18(21,22)23)9-27-17-14(19)6-10(7-15(17)20)2-3-16(25)26;18-13-5-9(1-2-15(24)25)6-14(19)16(13)26-8-10-3-11(17(20,21)22)7-12(23)4-10/h4-8,24H,2-3,9H2,1H3,(H,25,26);3-7H,1-2,8,23H2,(H,24,25). The topological polar surface area (TPSA) is 131 Å². The van der Waals surface area contributed by atoms with E-state index in [0.717, 1.165) is 35.4 Å². The van der Waals surface area contributed by atoms with Gasteiger partial charge in [0.05, 0.1) is 29.0 Å². The van der Waals surface area contributed by atoms with Crippen LogP contribution in [0.3, 0.4) is 0 Å². The van der Waals surface area contributed by atoms with Crippen LogP contribution in [0, 0.1) is 0 Å². The number of nitrogens with two attached hydrogens (primary N) is 1. The molecule has 18 heteroatoms. The fourth-order valence-electron chi connectivity index (χ4n) is 4.65. The van der Waals surface area contributed by atoms with E-state index in [1.165, 1.54) is 6.07 Å². The molecule has 0 radical (unpaired) electrons. The molecule has 286 valence electrons. The molecule has 0 amide bonds. The maximum atomic E-state index is 13.0. The van der Waals surface area contributed by atoms with Gasteiger partial charge in [-0.05, 0) is 159 Å². The summed E-state index contributed by atoms with van der Waals surface area (Å²) in [4.78, 5) is 21.3. The maximum absolute atomic E-state index is 13.0. The minimum atomic E-state index is -4.49. The number of ether oxygens (including phenoxy) is 2. The zero-order valence-electron chi connectivity index (χ0n) is 27.4. The van der Waals surface area contributed by atoms with Crippen LogP contribution in [-0.4, -0.2) is 29.2 Å². The molecule has 0 unspecified atom stereocenters. The molecular weight excluding hydrogens is 978 g/mol. The van der Waals surface area contributed by atoms with Crippen LogP contribution >= 0.6 is 63.7 Å². The van der Waals surface area contributed by atoms with E-state index in [-0.39, 0.29) is 37.3 Å². The molecule has 5 N–H and O–H groups in total. The average molecular weight is 1010 g/mol. The molecule has 0 fully saturated rings. The lowest BCUT2D eigenvalue weighted by Crippen LogP contribution is -2.08. The molecule has 0 atom stereocenters. The molecule has 0 bridgehead atoms. The molecule has 4 aromatic carbocycles. The summed E-state index contributed by atoms with van der Waals surface area (Å²) in [5.41, 5.74) is 6.51. The predicted octanol–water partition coefficient (Wildman–Crippen LogP) is 11.3. The van der Waals surface area contributed by atoms with Crippen LogP contribution in [0.1, 0.15) is 46.2 Å². The van der Waals surface area contributed by atoms with Crippen molar-refractivity contribution < 1.29 is 55.6 Å². The van der Waals surface area contributed by atoms with Gasteiger partial charge in [-0.2, -0.15) is 26.3 Å². The van der Waals surface area contributed by atoms with Gasteiger partial charge in [0.15, 0.2) is 0 Å². The van der Waals surface area contributed by atoms with Gasteiger partial charge in [-0.3, -0.25) is 9.59 Å². The third-order valence-corrected chi connectivity index (χ3v) is 9.44. The Hall–Kier alpha value is -3.48. The number of aliphatic carboxylic acids is 2. The molecule has 4 aromatic rings. The number of hydrogen-bond donors (Lipinski definition) is 4.